The van der Waals surface area contributed by atoms with E-state index in [-0.39, 0.29) is 5.56 Å². The molecule has 0 aliphatic rings. The van der Waals surface area contributed by atoms with E-state index < -0.39 is 0 Å². The van der Waals surface area contributed by atoms with E-state index in [9.17, 15) is 4.79 Å². The van der Waals surface area contributed by atoms with Crippen LogP contribution in [-0.2, 0) is 11.3 Å². The Morgan fingerprint density at radius 2 is 2.38 bits per heavy atom. The van der Waals surface area contributed by atoms with Crippen molar-refractivity contribution in [2.24, 2.45) is 0 Å². The maximum Gasteiger partial charge on any atom is 0.251 e. The monoisotopic (exact) mass is 236 g/mol. The van der Waals surface area contributed by atoms with Crippen LogP contribution >= 0.6 is 11.3 Å². The lowest BCUT2D eigenvalue weighted by Crippen LogP contribution is -2.11. The van der Waals surface area contributed by atoms with Crippen LogP contribution in [0.3, 0.4) is 0 Å². The van der Waals surface area contributed by atoms with E-state index in [1.807, 2.05) is 18.4 Å². The van der Waals surface area contributed by atoms with E-state index in [1.165, 1.54) is 6.07 Å². The third kappa shape index (κ3) is 2.20. The molecule has 0 aliphatic carbocycles. The summed E-state index contributed by atoms with van der Waals surface area (Å²) >= 11 is 1.58. The van der Waals surface area contributed by atoms with Gasteiger partial charge in [0.1, 0.15) is 12.4 Å². The van der Waals surface area contributed by atoms with Crippen LogP contribution < -0.4 is 5.56 Å². The Morgan fingerprint density at radius 3 is 3.00 bits per heavy atom. The van der Waals surface area contributed by atoms with Crippen LogP contribution in [0.4, 0.5) is 0 Å². The number of rotatable bonds is 3. The van der Waals surface area contributed by atoms with E-state index >= 15 is 0 Å². The third-order valence-corrected chi connectivity index (χ3v) is 3.21. The zero-order valence-corrected chi connectivity index (χ0v) is 9.93. The first-order valence-corrected chi connectivity index (χ1v) is 5.72. The van der Waals surface area contributed by atoms with Gasteiger partial charge < -0.3 is 9.72 Å². The molecule has 0 spiro atoms. The second-order valence-electron chi connectivity index (χ2n) is 3.44. The van der Waals surface area contributed by atoms with Gasteiger partial charge in [0.25, 0.3) is 5.56 Å². The highest BCUT2D eigenvalue weighted by Gasteiger charge is 2.07. The number of aryl methyl sites for hydroxylation is 1. The number of nitrogens with zero attached hydrogens (tertiary/aromatic N) is 1. The standard InChI is InChI=1S/C11H12N2O2S/c1-7-3-4-16-11(7)8-5-10(14)13-9(12-8)6-15-2/h3-5H,6H2,1-2H3,(H,12,13,14). The summed E-state index contributed by atoms with van der Waals surface area (Å²) in [7, 11) is 1.57. The molecule has 84 valence electrons. The van der Waals surface area contributed by atoms with Crippen molar-refractivity contribution in [1.82, 2.24) is 9.97 Å². The number of H-pyrrole nitrogens is 1. The number of hydrogen-bond donors (Lipinski definition) is 1. The lowest BCUT2D eigenvalue weighted by atomic mass is 10.2. The highest BCUT2D eigenvalue weighted by atomic mass is 32.1. The molecule has 16 heavy (non-hydrogen) atoms. The third-order valence-electron chi connectivity index (χ3n) is 2.17. The molecule has 0 atom stereocenters. The van der Waals surface area contributed by atoms with Crippen LogP contribution in [0.2, 0.25) is 0 Å². The molecule has 5 heteroatoms. The molecule has 4 nitrogen and oxygen atoms in total. The average Bonchev–Trinajstić information content (AvgIpc) is 2.64. The smallest absolute Gasteiger partial charge is 0.251 e. The molecule has 0 saturated carbocycles. The van der Waals surface area contributed by atoms with Crippen LogP contribution in [0, 0.1) is 6.92 Å². The van der Waals surface area contributed by atoms with Crippen molar-refractivity contribution in [2.45, 2.75) is 13.5 Å². The topological polar surface area (TPSA) is 55.0 Å². The summed E-state index contributed by atoms with van der Waals surface area (Å²) in [4.78, 5) is 19.5. The van der Waals surface area contributed by atoms with Crippen LogP contribution in [0.15, 0.2) is 22.3 Å². The Morgan fingerprint density at radius 1 is 1.56 bits per heavy atom. The van der Waals surface area contributed by atoms with Gasteiger partial charge in [-0.2, -0.15) is 0 Å². The average molecular weight is 236 g/mol. The second-order valence-corrected chi connectivity index (χ2v) is 4.36. The Labute approximate surface area is 96.9 Å². The lowest BCUT2D eigenvalue weighted by Gasteiger charge is -2.02. The predicted octanol–water partition coefficient (Wildman–Crippen LogP) is 1.95. The zero-order valence-electron chi connectivity index (χ0n) is 9.11. The van der Waals surface area contributed by atoms with Crippen molar-refractivity contribution >= 4 is 11.3 Å². The fraction of sp³-hybridized carbons (Fsp3) is 0.273. The summed E-state index contributed by atoms with van der Waals surface area (Å²) in [5.74, 6) is 0.554. The number of methoxy groups -OCH3 is 1. The molecule has 0 saturated heterocycles. The molecule has 0 aliphatic heterocycles. The predicted molar refractivity (Wildman–Crippen MR) is 63.6 cm³/mol. The van der Waals surface area contributed by atoms with Gasteiger partial charge in [-0.25, -0.2) is 4.98 Å². The summed E-state index contributed by atoms with van der Waals surface area (Å²) < 4.78 is 4.96. The molecule has 2 heterocycles. The number of ether oxygens (including phenoxy) is 1. The Hall–Kier alpha value is -1.46. The van der Waals surface area contributed by atoms with Gasteiger partial charge in [-0.3, -0.25) is 4.79 Å². The van der Waals surface area contributed by atoms with E-state index in [2.05, 4.69) is 9.97 Å². The van der Waals surface area contributed by atoms with Crippen LogP contribution in [-0.4, -0.2) is 17.1 Å². The first-order chi connectivity index (χ1) is 7.70. The number of aromatic amines is 1. The van der Waals surface area contributed by atoms with Crippen molar-refractivity contribution in [2.75, 3.05) is 7.11 Å². The molecular weight excluding hydrogens is 224 g/mol. The van der Waals surface area contributed by atoms with Gasteiger partial charge >= 0.3 is 0 Å². The van der Waals surface area contributed by atoms with Crippen molar-refractivity contribution in [3.63, 3.8) is 0 Å². The van der Waals surface area contributed by atoms with Crippen LogP contribution in [0.25, 0.3) is 10.6 Å². The fourth-order valence-electron chi connectivity index (χ4n) is 1.46. The van der Waals surface area contributed by atoms with Crippen LogP contribution in [0.1, 0.15) is 11.4 Å². The number of thiophene rings is 1. The molecule has 2 aromatic heterocycles. The molecule has 0 aromatic carbocycles. The number of hydrogen-bond acceptors (Lipinski definition) is 4. The minimum atomic E-state index is -0.148. The molecule has 2 aromatic rings. The first-order valence-electron chi connectivity index (χ1n) is 4.84. The van der Waals surface area contributed by atoms with Crippen LogP contribution in [0.5, 0.6) is 0 Å². The highest BCUT2D eigenvalue weighted by Crippen LogP contribution is 2.26. The van der Waals surface area contributed by atoms with Crippen molar-refractivity contribution in [1.29, 1.82) is 0 Å². The molecule has 0 radical (unpaired) electrons. The second kappa shape index (κ2) is 4.59. The molecule has 1 N–H and O–H groups in total. The van der Waals surface area contributed by atoms with Crippen molar-refractivity contribution < 1.29 is 4.74 Å². The van der Waals surface area contributed by atoms with Crippen molar-refractivity contribution in [3.8, 4) is 10.6 Å². The summed E-state index contributed by atoms with van der Waals surface area (Å²) in [5.41, 5.74) is 1.69. The fourth-order valence-corrected chi connectivity index (χ4v) is 2.35. The van der Waals surface area contributed by atoms with E-state index in [0.29, 0.717) is 18.1 Å². The van der Waals surface area contributed by atoms with Gasteiger partial charge in [0.2, 0.25) is 0 Å². The SMILES string of the molecule is COCc1nc(-c2sccc2C)cc(=O)[nH]1. The molecule has 0 amide bonds. The quantitative estimate of drug-likeness (QED) is 0.886. The molecule has 2 rings (SSSR count). The summed E-state index contributed by atoms with van der Waals surface area (Å²) in [6, 6.07) is 3.52. The van der Waals surface area contributed by atoms with E-state index in [0.717, 1.165) is 10.4 Å². The molecule has 0 unspecified atom stereocenters. The lowest BCUT2D eigenvalue weighted by molar-refractivity contribution is 0.177. The van der Waals surface area contributed by atoms with Gasteiger partial charge in [0.15, 0.2) is 0 Å². The number of nitrogens with one attached hydrogen (secondary N) is 1. The normalized spacial score (nSPS) is 10.6. The molecule has 0 bridgehead atoms. The first kappa shape index (κ1) is 11.0. The minimum Gasteiger partial charge on any atom is -0.377 e. The van der Waals surface area contributed by atoms with E-state index in [4.69, 9.17) is 4.74 Å². The minimum absolute atomic E-state index is 0.148. The summed E-state index contributed by atoms with van der Waals surface area (Å²) in [6.45, 7) is 2.32. The molecular formula is C11H12N2O2S. The van der Waals surface area contributed by atoms with Gasteiger partial charge in [-0.05, 0) is 23.9 Å². The zero-order chi connectivity index (χ0) is 11.5. The summed E-state index contributed by atoms with van der Waals surface area (Å²) in [5, 5.41) is 1.99. The maximum atomic E-state index is 11.4. The summed E-state index contributed by atoms with van der Waals surface area (Å²) in [6.07, 6.45) is 0. The Balaban J connectivity index is 2.49. The Kier molecular flexibility index (Phi) is 3.17. The van der Waals surface area contributed by atoms with Gasteiger partial charge in [-0.1, -0.05) is 0 Å². The molecule has 0 fully saturated rings. The maximum absolute atomic E-state index is 11.4. The van der Waals surface area contributed by atoms with Gasteiger partial charge in [0.05, 0.1) is 10.6 Å². The largest absolute Gasteiger partial charge is 0.377 e. The number of aromatic nitrogens is 2. The van der Waals surface area contributed by atoms with Crippen molar-refractivity contribution in [3.05, 3.63) is 39.3 Å². The van der Waals surface area contributed by atoms with Gasteiger partial charge in [-0.15, -0.1) is 11.3 Å². The van der Waals surface area contributed by atoms with Gasteiger partial charge in [0, 0.05) is 13.2 Å². The highest BCUT2D eigenvalue weighted by molar-refractivity contribution is 7.13. The van der Waals surface area contributed by atoms with E-state index in [1.54, 1.807) is 18.4 Å². The Bertz CT molecular complexity index is 545.